The van der Waals surface area contributed by atoms with E-state index >= 15 is 0 Å². The number of carbonyl (C=O) groups excluding carboxylic acids is 1. The fraction of sp³-hybridized carbons (Fsp3) is 0.208. The topological polar surface area (TPSA) is 93.7 Å². The Bertz CT molecular complexity index is 1260. The van der Waals surface area contributed by atoms with Crippen molar-refractivity contribution in [2.24, 2.45) is 0 Å². The van der Waals surface area contributed by atoms with Crippen LogP contribution in [0.5, 0.6) is 11.5 Å². The highest BCUT2D eigenvalue weighted by molar-refractivity contribution is 7.92. The standard InChI is InChI=1S/C24H25ClN2O5S/c1-15-5-9-19(10-6-15)33(29,30)27-21-11-7-18(13-20(21)25)24(28)26-16(2)17-8-12-22(31-3)23(14-17)32-4/h5-14,16,27H,1-4H3,(H,26,28)/t16-/m1/s1. The Morgan fingerprint density at radius 3 is 2.21 bits per heavy atom. The Balaban J connectivity index is 1.74. The number of methoxy groups -OCH3 is 2. The molecule has 0 saturated heterocycles. The van der Waals surface area contributed by atoms with Crippen LogP contribution in [0.3, 0.4) is 0 Å². The Hall–Kier alpha value is -3.23. The van der Waals surface area contributed by atoms with Gasteiger partial charge in [-0.2, -0.15) is 0 Å². The molecule has 0 heterocycles. The van der Waals surface area contributed by atoms with Crippen molar-refractivity contribution in [1.29, 1.82) is 0 Å². The highest BCUT2D eigenvalue weighted by Crippen LogP contribution is 2.30. The molecule has 33 heavy (non-hydrogen) atoms. The first-order chi connectivity index (χ1) is 15.6. The van der Waals surface area contributed by atoms with Gasteiger partial charge in [-0.05, 0) is 61.9 Å². The number of amides is 1. The number of sulfonamides is 1. The minimum absolute atomic E-state index is 0.108. The van der Waals surface area contributed by atoms with Gasteiger partial charge in [0.25, 0.3) is 15.9 Å². The summed E-state index contributed by atoms with van der Waals surface area (Å²) in [5, 5.41) is 3.00. The zero-order valence-corrected chi connectivity index (χ0v) is 20.3. The Morgan fingerprint density at radius 1 is 0.939 bits per heavy atom. The van der Waals surface area contributed by atoms with Gasteiger partial charge < -0.3 is 14.8 Å². The summed E-state index contributed by atoms with van der Waals surface area (Å²) in [6.07, 6.45) is 0. The Labute approximate surface area is 198 Å². The second kappa shape index (κ2) is 10.1. The van der Waals surface area contributed by atoms with E-state index in [1.807, 2.05) is 19.9 Å². The second-order valence-electron chi connectivity index (χ2n) is 7.42. The van der Waals surface area contributed by atoms with Crippen LogP contribution in [-0.4, -0.2) is 28.5 Å². The number of rotatable bonds is 8. The maximum absolute atomic E-state index is 12.7. The minimum atomic E-state index is -3.81. The number of anilines is 1. The quantitative estimate of drug-likeness (QED) is 0.467. The smallest absolute Gasteiger partial charge is 0.261 e. The third-order valence-electron chi connectivity index (χ3n) is 5.06. The van der Waals surface area contributed by atoms with Crippen LogP contribution < -0.4 is 19.5 Å². The van der Waals surface area contributed by atoms with Crippen LogP contribution in [0, 0.1) is 6.92 Å². The van der Waals surface area contributed by atoms with E-state index in [4.69, 9.17) is 21.1 Å². The van der Waals surface area contributed by atoms with Crippen LogP contribution in [0.1, 0.15) is 34.5 Å². The van der Waals surface area contributed by atoms with Crippen molar-refractivity contribution in [3.8, 4) is 11.5 Å². The molecule has 3 aromatic rings. The molecule has 0 aliphatic carbocycles. The summed E-state index contributed by atoms with van der Waals surface area (Å²) in [4.78, 5) is 12.9. The molecule has 3 aromatic carbocycles. The molecule has 0 unspecified atom stereocenters. The van der Waals surface area contributed by atoms with Crippen molar-refractivity contribution in [3.63, 3.8) is 0 Å². The third-order valence-corrected chi connectivity index (χ3v) is 6.76. The number of nitrogens with one attached hydrogen (secondary N) is 2. The summed E-state index contributed by atoms with van der Waals surface area (Å²) in [6.45, 7) is 3.71. The molecule has 0 radical (unpaired) electrons. The molecule has 2 N–H and O–H groups in total. The summed E-state index contributed by atoms with van der Waals surface area (Å²) in [5.41, 5.74) is 2.26. The van der Waals surface area contributed by atoms with Gasteiger partial charge in [-0.15, -0.1) is 0 Å². The van der Waals surface area contributed by atoms with Crippen LogP contribution in [0.15, 0.2) is 65.6 Å². The number of halogens is 1. The number of benzene rings is 3. The number of hydrogen-bond donors (Lipinski definition) is 2. The predicted octanol–water partition coefficient (Wildman–Crippen LogP) is 4.96. The number of aryl methyl sites for hydroxylation is 1. The van der Waals surface area contributed by atoms with Crippen LogP contribution in [0.2, 0.25) is 5.02 Å². The fourth-order valence-electron chi connectivity index (χ4n) is 3.15. The van der Waals surface area contributed by atoms with Gasteiger partial charge in [-0.1, -0.05) is 35.4 Å². The predicted molar refractivity (Wildman–Crippen MR) is 129 cm³/mol. The highest BCUT2D eigenvalue weighted by atomic mass is 35.5. The van der Waals surface area contributed by atoms with Gasteiger partial charge >= 0.3 is 0 Å². The van der Waals surface area contributed by atoms with E-state index in [9.17, 15) is 13.2 Å². The zero-order chi connectivity index (χ0) is 24.2. The number of carbonyl (C=O) groups is 1. The molecule has 0 aliphatic heterocycles. The average molecular weight is 489 g/mol. The van der Waals surface area contributed by atoms with Gasteiger partial charge in [-0.25, -0.2) is 8.42 Å². The lowest BCUT2D eigenvalue weighted by Crippen LogP contribution is -2.26. The fourth-order valence-corrected chi connectivity index (χ4v) is 4.51. The van der Waals surface area contributed by atoms with Crippen LogP contribution in [0.25, 0.3) is 0 Å². The average Bonchev–Trinajstić information content (AvgIpc) is 2.79. The van der Waals surface area contributed by atoms with E-state index in [0.717, 1.165) is 11.1 Å². The first-order valence-corrected chi connectivity index (χ1v) is 11.9. The normalized spacial score (nSPS) is 12.0. The molecule has 174 valence electrons. The lowest BCUT2D eigenvalue weighted by molar-refractivity contribution is 0.0940. The SMILES string of the molecule is COc1ccc([C@@H](C)NC(=O)c2ccc(NS(=O)(=O)c3ccc(C)cc3)c(Cl)c2)cc1OC. The minimum Gasteiger partial charge on any atom is -0.493 e. The van der Waals surface area contributed by atoms with E-state index in [1.165, 1.54) is 30.3 Å². The van der Waals surface area contributed by atoms with E-state index < -0.39 is 10.0 Å². The maximum Gasteiger partial charge on any atom is 0.261 e. The van der Waals surface area contributed by atoms with E-state index in [2.05, 4.69) is 10.0 Å². The first kappa shape index (κ1) is 24.4. The first-order valence-electron chi connectivity index (χ1n) is 10.1. The highest BCUT2D eigenvalue weighted by Gasteiger charge is 2.18. The second-order valence-corrected chi connectivity index (χ2v) is 9.51. The molecular formula is C24H25ClN2O5S. The van der Waals surface area contributed by atoms with Crippen molar-refractivity contribution in [2.45, 2.75) is 24.8 Å². The summed E-state index contributed by atoms with van der Waals surface area (Å²) < 4.78 is 38.2. The van der Waals surface area contributed by atoms with Crippen molar-refractivity contribution in [2.75, 3.05) is 18.9 Å². The van der Waals surface area contributed by atoms with E-state index in [-0.39, 0.29) is 27.6 Å². The molecule has 0 spiro atoms. The number of hydrogen-bond acceptors (Lipinski definition) is 5. The molecule has 0 fully saturated rings. The van der Waals surface area contributed by atoms with Crippen LogP contribution in [0.4, 0.5) is 5.69 Å². The molecule has 0 bridgehead atoms. The molecule has 1 atom stereocenters. The summed E-state index contributed by atoms with van der Waals surface area (Å²) >= 11 is 6.28. The summed E-state index contributed by atoms with van der Waals surface area (Å²) in [6, 6.07) is 15.9. The monoisotopic (exact) mass is 488 g/mol. The molecule has 9 heteroatoms. The molecular weight excluding hydrogens is 464 g/mol. The number of ether oxygens (including phenoxy) is 2. The van der Waals surface area contributed by atoms with Gasteiger partial charge in [0.2, 0.25) is 0 Å². The van der Waals surface area contributed by atoms with Crippen LogP contribution >= 0.6 is 11.6 Å². The molecule has 0 aromatic heterocycles. The van der Waals surface area contributed by atoms with Crippen LogP contribution in [-0.2, 0) is 10.0 Å². The van der Waals surface area contributed by atoms with Gasteiger partial charge in [0.15, 0.2) is 11.5 Å². The largest absolute Gasteiger partial charge is 0.493 e. The third kappa shape index (κ3) is 5.77. The van der Waals surface area contributed by atoms with Crippen molar-refractivity contribution in [3.05, 3.63) is 82.4 Å². The van der Waals surface area contributed by atoms with Crippen molar-refractivity contribution in [1.82, 2.24) is 5.32 Å². The van der Waals surface area contributed by atoms with Gasteiger partial charge in [0.1, 0.15) is 0 Å². The van der Waals surface area contributed by atoms with Gasteiger partial charge in [0.05, 0.1) is 35.9 Å². The summed E-state index contributed by atoms with van der Waals surface area (Å²) in [7, 11) is -0.714. The molecule has 0 saturated carbocycles. The Morgan fingerprint density at radius 2 is 1.61 bits per heavy atom. The lowest BCUT2D eigenvalue weighted by Gasteiger charge is -2.17. The molecule has 1 amide bonds. The van der Waals surface area contributed by atoms with Crippen molar-refractivity contribution >= 4 is 33.2 Å². The lowest BCUT2D eigenvalue weighted by atomic mass is 10.1. The van der Waals surface area contributed by atoms with E-state index in [0.29, 0.717) is 17.1 Å². The van der Waals surface area contributed by atoms with Gasteiger partial charge in [0, 0.05) is 5.56 Å². The van der Waals surface area contributed by atoms with E-state index in [1.54, 1.807) is 38.5 Å². The maximum atomic E-state index is 12.7. The molecule has 3 rings (SSSR count). The van der Waals surface area contributed by atoms with Gasteiger partial charge in [-0.3, -0.25) is 9.52 Å². The van der Waals surface area contributed by atoms with Crippen molar-refractivity contribution < 1.29 is 22.7 Å². The Kier molecular flexibility index (Phi) is 7.50. The molecule has 7 nitrogen and oxygen atoms in total. The zero-order valence-electron chi connectivity index (χ0n) is 18.7. The molecule has 0 aliphatic rings. The summed E-state index contributed by atoms with van der Waals surface area (Å²) in [5.74, 6) is 0.798.